The number of benzene rings is 2. The van der Waals surface area contributed by atoms with E-state index in [1.165, 1.54) is 59.9 Å². The maximum absolute atomic E-state index is 4.94. The molecule has 0 atom stereocenters. The van der Waals surface area contributed by atoms with Crippen molar-refractivity contribution in [3.8, 4) is 0 Å². The van der Waals surface area contributed by atoms with Gasteiger partial charge in [0.15, 0.2) is 0 Å². The second kappa shape index (κ2) is 7.40. The number of aryl methyl sites for hydroxylation is 1. The predicted molar refractivity (Wildman–Crippen MR) is 117 cm³/mol. The summed E-state index contributed by atoms with van der Waals surface area (Å²) in [5.41, 5.74) is 6.43. The summed E-state index contributed by atoms with van der Waals surface area (Å²) in [4.78, 5) is 7.57. The van der Waals surface area contributed by atoms with E-state index < -0.39 is 0 Å². The number of hydrogen-bond donors (Lipinski definition) is 0. The van der Waals surface area contributed by atoms with Crippen LogP contribution in [0.15, 0.2) is 60.7 Å². The third kappa shape index (κ3) is 3.20. The van der Waals surface area contributed by atoms with Gasteiger partial charge in [-0.3, -0.25) is 9.88 Å². The number of aromatic nitrogens is 2. The standard InChI is InChI=1S/C25H27N3/c1-27-24-12-6-4-10-21(24)22(18-28-15-7-2-8-16-28)25(27)17-20-14-13-19-9-3-5-11-23(19)26-20/h3-6,9-14H,2,7-8,15-18H2,1H3. The number of piperidine rings is 1. The number of likely N-dealkylation sites (tertiary alicyclic amines) is 1. The predicted octanol–water partition coefficient (Wildman–Crippen LogP) is 5.30. The van der Waals surface area contributed by atoms with E-state index in [2.05, 4.69) is 77.2 Å². The normalized spacial score (nSPS) is 15.5. The molecule has 0 saturated carbocycles. The first-order valence-electron chi connectivity index (χ1n) is 10.4. The van der Waals surface area contributed by atoms with Crippen LogP contribution in [0.1, 0.15) is 36.2 Å². The van der Waals surface area contributed by atoms with Crippen molar-refractivity contribution in [1.29, 1.82) is 0 Å². The molecule has 4 aromatic rings. The van der Waals surface area contributed by atoms with Gasteiger partial charge in [0.25, 0.3) is 0 Å². The highest BCUT2D eigenvalue weighted by Gasteiger charge is 2.19. The van der Waals surface area contributed by atoms with E-state index in [1.54, 1.807) is 0 Å². The van der Waals surface area contributed by atoms with Gasteiger partial charge < -0.3 is 4.57 Å². The summed E-state index contributed by atoms with van der Waals surface area (Å²) >= 11 is 0. The van der Waals surface area contributed by atoms with E-state index in [0.29, 0.717) is 0 Å². The molecule has 1 fully saturated rings. The molecule has 3 heterocycles. The molecule has 3 nitrogen and oxygen atoms in total. The van der Waals surface area contributed by atoms with Crippen LogP contribution in [0.2, 0.25) is 0 Å². The van der Waals surface area contributed by atoms with Crippen LogP contribution >= 0.6 is 0 Å². The quantitative estimate of drug-likeness (QED) is 0.486. The summed E-state index contributed by atoms with van der Waals surface area (Å²) in [6.45, 7) is 3.48. The summed E-state index contributed by atoms with van der Waals surface area (Å²) in [7, 11) is 2.21. The molecule has 0 aliphatic carbocycles. The van der Waals surface area contributed by atoms with Crippen LogP contribution < -0.4 is 0 Å². The van der Waals surface area contributed by atoms with Crippen molar-refractivity contribution in [3.63, 3.8) is 0 Å². The Morgan fingerprint density at radius 2 is 1.64 bits per heavy atom. The maximum Gasteiger partial charge on any atom is 0.0705 e. The van der Waals surface area contributed by atoms with Gasteiger partial charge in [0.1, 0.15) is 0 Å². The molecule has 0 N–H and O–H groups in total. The van der Waals surface area contributed by atoms with Crippen molar-refractivity contribution in [2.24, 2.45) is 7.05 Å². The topological polar surface area (TPSA) is 21.1 Å². The number of pyridine rings is 1. The van der Waals surface area contributed by atoms with Crippen LogP contribution in [-0.4, -0.2) is 27.5 Å². The number of rotatable bonds is 4. The largest absolute Gasteiger partial charge is 0.347 e. The summed E-state index contributed by atoms with van der Waals surface area (Å²) in [6, 6.07) is 21.6. The molecular formula is C25H27N3. The molecule has 142 valence electrons. The van der Waals surface area contributed by atoms with Crippen LogP contribution in [0.3, 0.4) is 0 Å². The van der Waals surface area contributed by atoms with E-state index in [9.17, 15) is 0 Å². The van der Waals surface area contributed by atoms with Crippen molar-refractivity contribution in [3.05, 3.63) is 77.6 Å². The van der Waals surface area contributed by atoms with Gasteiger partial charge >= 0.3 is 0 Å². The van der Waals surface area contributed by atoms with Crippen molar-refractivity contribution in [1.82, 2.24) is 14.5 Å². The average molecular weight is 370 g/mol. The Labute approximate surface area is 166 Å². The smallest absolute Gasteiger partial charge is 0.0705 e. The van der Waals surface area contributed by atoms with Gasteiger partial charge in [0.2, 0.25) is 0 Å². The first kappa shape index (κ1) is 17.4. The van der Waals surface area contributed by atoms with Crippen LogP contribution in [0.4, 0.5) is 0 Å². The molecular weight excluding hydrogens is 342 g/mol. The average Bonchev–Trinajstić information content (AvgIpc) is 3.00. The Morgan fingerprint density at radius 1 is 0.857 bits per heavy atom. The SMILES string of the molecule is Cn1c(Cc2ccc3ccccc3n2)c(CN2CCCCC2)c2ccccc21. The molecule has 3 heteroatoms. The summed E-state index contributed by atoms with van der Waals surface area (Å²) in [5.74, 6) is 0. The number of hydrogen-bond acceptors (Lipinski definition) is 2. The van der Waals surface area contributed by atoms with Crippen molar-refractivity contribution in [2.75, 3.05) is 13.1 Å². The molecule has 2 aromatic heterocycles. The lowest BCUT2D eigenvalue weighted by atomic mass is 10.0. The lowest BCUT2D eigenvalue weighted by Gasteiger charge is -2.26. The Kier molecular flexibility index (Phi) is 4.61. The van der Waals surface area contributed by atoms with Gasteiger partial charge in [-0.1, -0.05) is 48.9 Å². The summed E-state index contributed by atoms with van der Waals surface area (Å²) in [6.07, 6.45) is 4.90. The van der Waals surface area contributed by atoms with Gasteiger partial charge in [-0.25, -0.2) is 0 Å². The Morgan fingerprint density at radius 3 is 2.54 bits per heavy atom. The Balaban J connectivity index is 1.56. The zero-order valence-corrected chi connectivity index (χ0v) is 16.6. The fraction of sp³-hybridized carbons (Fsp3) is 0.320. The Hall–Kier alpha value is -2.65. The minimum atomic E-state index is 0.874. The highest BCUT2D eigenvalue weighted by Crippen LogP contribution is 2.29. The monoisotopic (exact) mass is 369 g/mol. The summed E-state index contributed by atoms with van der Waals surface area (Å²) in [5, 5.41) is 2.60. The summed E-state index contributed by atoms with van der Waals surface area (Å²) < 4.78 is 2.38. The molecule has 5 rings (SSSR count). The molecule has 1 aliphatic rings. The lowest BCUT2D eigenvalue weighted by Crippen LogP contribution is -2.29. The lowest BCUT2D eigenvalue weighted by molar-refractivity contribution is 0.221. The van der Waals surface area contributed by atoms with E-state index >= 15 is 0 Å². The fourth-order valence-electron chi connectivity index (χ4n) is 4.65. The number of nitrogens with zero attached hydrogens (tertiary/aromatic N) is 3. The second-order valence-electron chi connectivity index (χ2n) is 8.01. The third-order valence-electron chi connectivity index (χ3n) is 6.18. The van der Waals surface area contributed by atoms with Crippen molar-refractivity contribution in [2.45, 2.75) is 32.2 Å². The fourth-order valence-corrected chi connectivity index (χ4v) is 4.65. The van der Waals surface area contributed by atoms with E-state index in [-0.39, 0.29) is 0 Å². The first-order chi connectivity index (χ1) is 13.8. The van der Waals surface area contributed by atoms with Crippen LogP contribution in [0.25, 0.3) is 21.8 Å². The highest BCUT2D eigenvalue weighted by atomic mass is 15.1. The highest BCUT2D eigenvalue weighted by molar-refractivity contribution is 5.85. The number of para-hydroxylation sites is 2. The van der Waals surface area contributed by atoms with Crippen LogP contribution in [-0.2, 0) is 20.0 Å². The molecule has 0 spiro atoms. The molecule has 1 aliphatic heterocycles. The number of fused-ring (bicyclic) bond motifs is 2. The van der Waals surface area contributed by atoms with Gasteiger partial charge in [-0.15, -0.1) is 0 Å². The zero-order chi connectivity index (χ0) is 18.9. The van der Waals surface area contributed by atoms with Crippen molar-refractivity contribution >= 4 is 21.8 Å². The molecule has 0 amide bonds. The molecule has 28 heavy (non-hydrogen) atoms. The Bertz CT molecular complexity index is 1120. The van der Waals surface area contributed by atoms with Crippen molar-refractivity contribution < 1.29 is 0 Å². The van der Waals surface area contributed by atoms with Crippen LogP contribution in [0, 0.1) is 0 Å². The van der Waals surface area contributed by atoms with Gasteiger partial charge in [-0.05, 0) is 49.7 Å². The minimum absolute atomic E-state index is 0.874. The minimum Gasteiger partial charge on any atom is -0.347 e. The van der Waals surface area contributed by atoms with Gasteiger partial charge in [0.05, 0.1) is 5.52 Å². The zero-order valence-electron chi connectivity index (χ0n) is 16.6. The van der Waals surface area contributed by atoms with E-state index in [0.717, 1.165) is 24.2 Å². The van der Waals surface area contributed by atoms with E-state index in [1.807, 2.05) is 0 Å². The molecule has 0 unspecified atom stereocenters. The third-order valence-corrected chi connectivity index (χ3v) is 6.18. The molecule has 2 aromatic carbocycles. The molecule has 1 saturated heterocycles. The van der Waals surface area contributed by atoms with Gasteiger partial charge in [-0.2, -0.15) is 0 Å². The molecule has 0 radical (unpaired) electrons. The van der Waals surface area contributed by atoms with E-state index in [4.69, 9.17) is 4.98 Å². The first-order valence-corrected chi connectivity index (χ1v) is 10.4. The molecule has 0 bridgehead atoms. The second-order valence-corrected chi connectivity index (χ2v) is 8.01. The van der Waals surface area contributed by atoms with Crippen LogP contribution in [0.5, 0.6) is 0 Å². The maximum atomic E-state index is 4.94. The van der Waals surface area contributed by atoms with Gasteiger partial charge in [0, 0.05) is 47.7 Å².